The number of carboxylic acids is 1. The number of halogens is 1. The molecule has 2 N–H and O–H groups in total. The van der Waals surface area contributed by atoms with Gasteiger partial charge in [0.1, 0.15) is 5.82 Å². The van der Waals surface area contributed by atoms with Gasteiger partial charge in [0.15, 0.2) is 0 Å². The molecule has 0 amide bonds. The Morgan fingerprint density at radius 2 is 1.84 bits per heavy atom. The Morgan fingerprint density at radius 3 is 2.42 bits per heavy atom. The second-order valence-electron chi connectivity index (χ2n) is 4.70. The van der Waals surface area contributed by atoms with Crippen LogP contribution in [-0.4, -0.2) is 11.1 Å². The van der Waals surface area contributed by atoms with Crippen molar-refractivity contribution in [3.63, 3.8) is 0 Å². The molecule has 1 heterocycles. The highest BCUT2D eigenvalue weighted by Gasteiger charge is 2.20. The Hall–Kier alpha value is -2.10. The molecule has 0 saturated carbocycles. The number of carbonyl (C=O) groups is 1. The molecule has 0 saturated heterocycles. The van der Waals surface area contributed by atoms with Gasteiger partial charge in [0.2, 0.25) is 0 Å². The van der Waals surface area contributed by atoms with E-state index in [0.717, 1.165) is 11.3 Å². The van der Waals surface area contributed by atoms with Crippen LogP contribution >= 0.6 is 0 Å². The van der Waals surface area contributed by atoms with E-state index in [1.165, 1.54) is 12.1 Å². The van der Waals surface area contributed by atoms with Gasteiger partial charge >= 0.3 is 5.97 Å². The summed E-state index contributed by atoms with van der Waals surface area (Å²) in [5.74, 6) is -1.27. The minimum absolute atomic E-state index is 0.335. The lowest BCUT2D eigenvalue weighted by atomic mass is 10.0. The van der Waals surface area contributed by atoms with Crippen LogP contribution in [0.1, 0.15) is 32.3 Å². The van der Waals surface area contributed by atoms with Crippen LogP contribution in [-0.2, 0) is 4.79 Å². The molecular formula is C15H16FNO2. The molecule has 0 atom stereocenters. The van der Waals surface area contributed by atoms with Crippen molar-refractivity contribution in [3.05, 3.63) is 52.5 Å². The zero-order chi connectivity index (χ0) is 14.0. The van der Waals surface area contributed by atoms with Crippen molar-refractivity contribution in [3.8, 4) is 0 Å². The lowest BCUT2D eigenvalue weighted by Crippen LogP contribution is -2.14. The van der Waals surface area contributed by atoms with Gasteiger partial charge in [-0.1, -0.05) is 5.57 Å². The molecular weight excluding hydrogens is 245 g/mol. The quantitative estimate of drug-likeness (QED) is 0.858. The number of nitrogens with one attached hydrogen (secondary N) is 1. The summed E-state index contributed by atoms with van der Waals surface area (Å²) in [4.78, 5) is 11.4. The highest BCUT2D eigenvalue weighted by molar-refractivity contribution is 5.96. The van der Waals surface area contributed by atoms with Crippen LogP contribution < -0.4 is 5.32 Å². The van der Waals surface area contributed by atoms with E-state index in [2.05, 4.69) is 5.32 Å². The summed E-state index contributed by atoms with van der Waals surface area (Å²) in [7, 11) is 0. The molecule has 0 unspecified atom stereocenters. The molecule has 0 radical (unpaired) electrons. The number of hydrogen-bond acceptors (Lipinski definition) is 2. The highest BCUT2D eigenvalue weighted by atomic mass is 19.1. The molecule has 1 aliphatic rings. The van der Waals surface area contributed by atoms with Crippen LogP contribution in [0, 0.1) is 5.82 Å². The third-order valence-electron chi connectivity index (χ3n) is 3.40. The van der Waals surface area contributed by atoms with Crippen LogP contribution in [0.3, 0.4) is 0 Å². The number of benzene rings is 1. The molecule has 19 heavy (non-hydrogen) atoms. The minimum atomic E-state index is -0.936. The SMILES string of the molecule is CC1=C(C)NC(c2ccc(F)cc2)=C(C(=O)O)CC1. The fourth-order valence-corrected chi connectivity index (χ4v) is 2.07. The summed E-state index contributed by atoms with van der Waals surface area (Å²) in [6.07, 6.45) is 1.18. The molecule has 0 fully saturated rings. The molecule has 2 rings (SSSR count). The smallest absolute Gasteiger partial charge is 0.333 e. The van der Waals surface area contributed by atoms with Gasteiger partial charge in [0, 0.05) is 5.70 Å². The van der Waals surface area contributed by atoms with Gasteiger partial charge in [-0.05, 0) is 56.5 Å². The first kappa shape index (κ1) is 13.3. The lowest BCUT2D eigenvalue weighted by Gasteiger charge is -2.13. The monoisotopic (exact) mass is 261 g/mol. The average Bonchev–Trinajstić information content (AvgIpc) is 2.51. The largest absolute Gasteiger partial charge is 0.478 e. The number of allylic oxidation sites excluding steroid dienone is 2. The van der Waals surface area contributed by atoms with Gasteiger partial charge < -0.3 is 10.4 Å². The average molecular weight is 261 g/mol. The van der Waals surface area contributed by atoms with Crippen molar-refractivity contribution < 1.29 is 14.3 Å². The molecule has 0 aliphatic carbocycles. The van der Waals surface area contributed by atoms with Crippen molar-refractivity contribution in [1.29, 1.82) is 0 Å². The third-order valence-corrected chi connectivity index (χ3v) is 3.40. The Bertz CT molecular complexity index is 570. The summed E-state index contributed by atoms with van der Waals surface area (Å²) in [6.45, 7) is 3.90. The zero-order valence-corrected chi connectivity index (χ0v) is 11.0. The first-order chi connectivity index (χ1) is 8.99. The summed E-state index contributed by atoms with van der Waals surface area (Å²) in [5, 5.41) is 12.5. The molecule has 0 aromatic heterocycles. The van der Waals surface area contributed by atoms with E-state index in [0.29, 0.717) is 29.7 Å². The van der Waals surface area contributed by atoms with Crippen LogP contribution in [0.5, 0.6) is 0 Å². The van der Waals surface area contributed by atoms with Crippen molar-refractivity contribution >= 4 is 11.7 Å². The number of rotatable bonds is 2. The van der Waals surface area contributed by atoms with Crippen LogP contribution in [0.25, 0.3) is 5.70 Å². The molecule has 4 heteroatoms. The Kier molecular flexibility index (Phi) is 3.69. The van der Waals surface area contributed by atoms with E-state index in [4.69, 9.17) is 0 Å². The van der Waals surface area contributed by atoms with Crippen molar-refractivity contribution in [2.24, 2.45) is 0 Å². The van der Waals surface area contributed by atoms with E-state index >= 15 is 0 Å². The topological polar surface area (TPSA) is 49.3 Å². The highest BCUT2D eigenvalue weighted by Crippen LogP contribution is 2.27. The second-order valence-corrected chi connectivity index (χ2v) is 4.70. The maximum atomic E-state index is 13.0. The summed E-state index contributed by atoms with van der Waals surface area (Å²) in [5.41, 5.74) is 3.67. The van der Waals surface area contributed by atoms with Gasteiger partial charge in [0.25, 0.3) is 0 Å². The predicted octanol–water partition coefficient (Wildman–Crippen LogP) is 3.30. The van der Waals surface area contributed by atoms with Crippen LogP contribution in [0.15, 0.2) is 41.1 Å². The van der Waals surface area contributed by atoms with Gasteiger partial charge in [-0.25, -0.2) is 9.18 Å². The molecule has 0 bridgehead atoms. The van der Waals surface area contributed by atoms with Crippen LogP contribution in [0.4, 0.5) is 4.39 Å². The Balaban J connectivity index is 2.51. The molecule has 1 aromatic carbocycles. The fourth-order valence-electron chi connectivity index (χ4n) is 2.07. The van der Waals surface area contributed by atoms with Crippen LogP contribution in [0.2, 0.25) is 0 Å². The fraction of sp³-hybridized carbons (Fsp3) is 0.267. The Labute approximate surface area is 111 Å². The molecule has 3 nitrogen and oxygen atoms in total. The number of aliphatic carboxylic acids is 1. The zero-order valence-electron chi connectivity index (χ0n) is 11.0. The third kappa shape index (κ3) is 2.84. The van der Waals surface area contributed by atoms with Gasteiger partial charge in [0.05, 0.1) is 11.3 Å². The van der Waals surface area contributed by atoms with Crippen molar-refractivity contribution in [2.75, 3.05) is 0 Å². The number of carboxylic acid groups (broad SMARTS) is 1. The Morgan fingerprint density at radius 1 is 1.21 bits per heavy atom. The predicted molar refractivity (Wildman–Crippen MR) is 71.7 cm³/mol. The first-order valence-corrected chi connectivity index (χ1v) is 6.15. The normalized spacial score (nSPS) is 16.2. The summed E-state index contributed by atoms with van der Waals surface area (Å²) >= 11 is 0. The van der Waals surface area contributed by atoms with Gasteiger partial charge in [-0.2, -0.15) is 0 Å². The second kappa shape index (κ2) is 5.26. The van der Waals surface area contributed by atoms with Crippen molar-refractivity contribution in [1.82, 2.24) is 5.32 Å². The van der Waals surface area contributed by atoms with E-state index < -0.39 is 5.97 Å². The van der Waals surface area contributed by atoms with E-state index in [1.807, 2.05) is 13.8 Å². The number of hydrogen-bond donors (Lipinski definition) is 2. The maximum absolute atomic E-state index is 13.0. The summed E-state index contributed by atoms with van der Waals surface area (Å²) in [6, 6.07) is 5.85. The van der Waals surface area contributed by atoms with Crippen molar-refractivity contribution in [2.45, 2.75) is 26.7 Å². The molecule has 100 valence electrons. The van der Waals surface area contributed by atoms with Gasteiger partial charge in [-0.3, -0.25) is 0 Å². The van der Waals surface area contributed by atoms with E-state index in [1.54, 1.807) is 12.1 Å². The molecule has 0 spiro atoms. The lowest BCUT2D eigenvalue weighted by molar-refractivity contribution is -0.132. The maximum Gasteiger partial charge on any atom is 0.333 e. The minimum Gasteiger partial charge on any atom is -0.478 e. The molecule has 1 aliphatic heterocycles. The first-order valence-electron chi connectivity index (χ1n) is 6.15. The standard InChI is InChI=1S/C15H16FNO2/c1-9-3-8-13(15(18)19)14(17-10(9)2)11-4-6-12(16)7-5-11/h4-7,17H,3,8H2,1-2H3,(H,18,19). The van der Waals surface area contributed by atoms with Gasteiger partial charge in [-0.15, -0.1) is 0 Å². The summed E-state index contributed by atoms with van der Waals surface area (Å²) < 4.78 is 13.0. The van der Waals surface area contributed by atoms with E-state index in [9.17, 15) is 14.3 Å². The van der Waals surface area contributed by atoms with E-state index in [-0.39, 0.29) is 5.82 Å². The molecule has 1 aromatic rings.